The Bertz CT molecular complexity index is 3300. The Morgan fingerprint density at radius 1 is 0.455 bits per heavy atom. The summed E-state index contributed by atoms with van der Waals surface area (Å²) in [7, 11) is 0. The number of benzene rings is 6. The maximum atomic E-state index is 12.6. The highest BCUT2D eigenvalue weighted by atomic mass is 16.3. The lowest BCUT2D eigenvalue weighted by molar-refractivity contribution is 0.446. The van der Waals surface area contributed by atoms with Crippen LogP contribution in [0.4, 0.5) is 0 Å². The second kappa shape index (κ2) is 16.6. The molecule has 0 spiro atoms. The number of nitrogens with zero attached hydrogens (tertiary/aromatic N) is 3. The van der Waals surface area contributed by atoms with Gasteiger partial charge < -0.3 is 5.11 Å². The molecule has 0 aliphatic carbocycles. The van der Waals surface area contributed by atoms with Gasteiger partial charge in [0, 0.05) is 28.5 Å². The van der Waals surface area contributed by atoms with Gasteiger partial charge in [0.15, 0.2) is 0 Å². The zero-order valence-electron chi connectivity index (χ0n) is 45.8. The number of phenolic OH excluding ortho intramolecular Hbond substituents is 1. The lowest BCUT2D eigenvalue weighted by Crippen LogP contribution is -2.17. The minimum atomic E-state index is -0.571. The Morgan fingerprint density at radius 2 is 1.06 bits per heavy atom. The Morgan fingerprint density at radius 3 is 1.68 bits per heavy atom. The SMILES string of the molecule is [2H]c1c([2H])c(C(C)(C)C)c([2H])c([2H])c1-c1ccnc(-c2cc(-c3cccc4c3nc(-c3cc(C(C)(C)C)cc(C(C)(C)C)c3O)n4-c3ccc(C(C)(C)C)cc3-c3ccccc3)cc(C(C)(C)C)c2)c1. The highest BCUT2D eigenvalue weighted by Crippen LogP contribution is 2.46. The van der Waals surface area contributed by atoms with Crippen LogP contribution in [-0.2, 0) is 27.1 Å². The van der Waals surface area contributed by atoms with Crippen molar-refractivity contribution in [2.75, 3.05) is 0 Å². The Balaban J connectivity index is 1.44. The van der Waals surface area contributed by atoms with Crippen LogP contribution in [0.25, 0.3) is 72.7 Å². The summed E-state index contributed by atoms with van der Waals surface area (Å²) >= 11 is 0. The third-order valence-corrected chi connectivity index (χ3v) is 12.7. The molecule has 2 aromatic heterocycles. The molecule has 338 valence electrons. The third kappa shape index (κ3) is 9.12. The van der Waals surface area contributed by atoms with E-state index in [1.54, 1.807) is 12.3 Å². The van der Waals surface area contributed by atoms with E-state index in [1.165, 1.54) is 5.56 Å². The van der Waals surface area contributed by atoms with Crippen LogP contribution in [0.1, 0.15) is 137 Å². The molecule has 0 unspecified atom stereocenters. The molecule has 0 bridgehead atoms. The Hall–Kier alpha value is -6.26. The predicted octanol–water partition coefficient (Wildman–Crippen LogP) is 16.9. The zero-order chi connectivity index (χ0) is 51.2. The fourth-order valence-electron chi connectivity index (χ4n) is 8.55. The van der Waals surface area contributed by atoms with Gasteiger partial charge in [-0.05, 0) is 120 Å². The van der Waals surface area contributed by atoms with E-state index >= 15 is 0 Å². The molecular weight excluding hydrogens is 803 g/mol. The van der Waals surface area contributed by atoms with Crippen LogP contribution in [0.5, 0.6) is 5.75 Å². The number of hydrogen-bond donors (Lipinski definition) is 1. The van der Waals surface area contributed by atoms with Crippen molar-refractivity contribution in [2.45, 2.75) is 131 Å². The molecule has 4 nitrogen and oxygen atoms in total. The summed E-state index contributed by atoms with van der Waals surface area (Å²) in [4.78, 5) is 10.5. The van der Waals surface area contributed by atoms with Crippen LogP contribution < -0.4 is 0 Å². The van der Waals surface area contributed by atoms with Gasteiger partial charge in [0.25, 0.3) is 0 Å². The average Bonchev–Trinajstić information content (AvgIpc) is 3.66. The van der Waals surface area contributed by atoms with E-state index in [0.29, 0.717) is 28.2 Å². The molecular formula is C62H69N3O. The number of imidazole rings is 1. The standard InChI is InChI=1S/C62H69N3O/c1-58(2,3)44-26-24-39(25-27-44)41-30-31-63-52(35-41)43-32-42(33-46(34-43)60(7,8)9)48-22-19-23-54-55(48)64-57(50-37-47(61(10,11)12)38-51(56(50)66)62(13,14)15)65(54)53-29-28-45(59(4,5)6)36-49(53)40-20-17-16-18-21-40/h16-38,66H,1-15H3/i24D,25D,26D,27D. The molecule has 0 fully saturated rings. The summed E-state index contributed by atoms with van der Waals surface area (Å²) in [5, 5.41) is 12.6. The Kier molecular flexibility index (Phi) is 10.3. The molecule has 4 heteroatoms. The molecule has 2 heterocycles. The lowest BCUT2D eigenvalue weighted by atomic mass is 9.79. The van der Waals surface area contributed by atoms with Gasteiger partial charge in [-0.3, -0.25) is 9.55 Å². The molecule has 0 atom stereocenters. The van der Waals surface area contributed by atoms with Crippen molar-refractivity contribution in [2.24, 2.45) is 0 Å². The number of rotatable bonds is 6. The van der Waals surface area contributed by atoms with Crippen molar-refractivity contribution < 1.29 is 10.6 Å². The smallest absolute Gasteiger partial charge is 0.149 e. The van der Waals surface area contributed by atoms with Crippen molar-refractivity contribution in [1.29, 1.82) is 0 Å². The number of fused-ring (bicyclic) bond motifs is 1. The van der Waals surface area contributed by atoms with E-state index in [2.05, 4.69) is 179 Å². The molecule has 0 amide bonds. The first-order chi connectivity index (χ1) is 32.5. The van der Waals surface area contributed by atoms with Gasteiger partial charge in [-0.1, -0.05) is 189 Å². The van der Waals surface area contributed by atoms with Crippen LogP contribution in [0.2, 0.25) is 0 Å². The summed E-state index contributed by atoms with van der Waals surface area (Å²) in [6, 6.07) is 37.8. The maximum Gasteiger partial charge on any atom is 0.149 e. The maximum absolute atomic E-state index is 12.6. The second-order valence-corrected chi connectivity index (χ2v) is 23.2. The van der Waals surface area contributed by atoms with Crippen molar-refractivity contribution in [3.05, 3.63) is 167 Å². The van der Waals surface area contributed by atoms with Gasteiger partial charge >= 0.3 is 0 Å². The molecule has 0 saturated heterocycles. The van der Waals surface area contributed by atoms with E-state index in [1.807, 2.05) is 32.9 Å². The molecule has 8 rings (SSSR count). The van der Waals surface area contributed by atoms with E-state index in [9.17, 15) is 5.11 Å². The van der Waals surface area contributed by atoms with Crippen molar-refractivity contribution in [3.63, 3.8) is 0 Å². The first kappa shape index (κ1) is 41.2. The fraction of sp³-hybridized carbons (Fsp3) is 0.323. The normalized spacial score (nSPS) is 13.7. The van der Waals surface area contributed by atoms with Crippen molar-refractivity contribution >= 4 is 11.0 Å². The number of phenols is 1. The average molecular weight is 876 g/mol. The van der Waals surface area contributed by atoms with E-state index < -0.39 is 5.41 Å². The monoisotopic (exact) mass is 876 g/mol. The first-order valence-electron chi connectivity index (χ1n) is 25.3. The van der Waals surface area contributed by atoms with E-state index in [-0.39, 0.29) is 57.1 Å². The molecule has 6 aromatic carbocycles. The van der Waals surface area contributed by atoms with Crippen LogP contribution >= 0.6 is 0 Å². The van der Waals surface area contributed by atoms with Crippen LogP contribution in [0.15, 0.2) is 140 Å². The largest absolute Gasteiger partial charge is 0.507 e. The molecule has 0 saturated carbocycles. The summed E-state index contributed by atoms with van der Waals surface area (Å²) in [5.74, 6) is 0.847. The van der Waals surface area contributed by atoms with Gasteiger partial charge in [0.1, 0.15) is 11.6 Å². The molecule has 0 radical (unpaired) electrons. The minimum Gasteiger partial charge on any atom is -0.507 e. The van der Waals surface area contributed by atoms with E-state index in [4.69, 9.17) is 15.5 Å². The van der Waals surface area contributed by atoms with Crippen LogP contribution in [0.3, 0.4) is 0 Å². The molecule has 1 N–H and O–H groups in total. The highest BCUT2D eigenvalue weighted by molar-refractivity contribution is 5.98. The highest BCUT2D eigenvalue weighted by Gasteiger charge is 2.30. The number of pyridine rings is 1. The summed E-state index contributed by atoms with van der Waals surface area (Å²) in [6.07, 6.45) is 1.69. The van der Waals surface area contributed by atoms with Gasteiger partial charge in [-0.2, -0.15) is 0 Å². The summed E-state index contributed by atoms with van der Waals surface area (Å²) < 4.78 is 38.4. The van der Waals surface area contributed by atoms with Gasteiger partial charge in [-0.15, -0.1) is 0 Å². The van der Waals surface area contributed by atoms with E-state index in [0.717, 1.165) is 61.2 Å². The second-order valence-electron chi connectivity index (χ2n) is 23.2. The minimum absolute atomic E-state index is 0.0279. The number of hydrogen-bond acceptors (Lipinski definition) is 3. The molecule has 8 aromatic rings. The Labute approximate surface area is 400 Å². The van der Waals surface area contributed by atoms with Gasteiger partial charge in [0.05, 0.1) is 33.5 Å². The number of para-hydroxylation sites is 1. The topological polar surface area (TPSA) is 50.9 Å². The number of aromatic nitrogens is 3. The van der Waals surface area contributed by atoms with Gasteiger partial charge in [-0.25, -0.2) is 4.98 Å². The fourth-order valence-corrected chi connectivity index (χ4v) is 8.55. The van der Waals surface area contributed by atoms with Crippen LogP contribution in [0, 0.1) is 0 Å². The summed E-state index contributed by atoms with van der Waals surface area (Å²) in [6.45, 7) is 32.1. The first-order valence-corrected chi connectivity index (χ1v) is 23.3. The third-order valence-electron chi connectivity index (χ3n) is 12.7. The summed E-state index contributed by atoms with van der Waals surface area (Å²) in [5.41, 5.74) is 12.6. The zero-order valence-corrected chi connectivity index (χ0v) is 41.8. The molecule has 0 aliphatic heterocycles. The molecule has 0 aliphatic rings. The number of aromatic hydroxyl groups is 1. The quantitative estimate of drug-likeness (QED) is 0.181. The van der Waals surface area contributed by atoms with Gasteiger partial charge in [0.2, 0.25) is 0 Å². The van der Waals surface area contributed by atoms with Crippen LogP contribution in [-0.4, -0.2) is 19.6 Å². The molecule has 66 heavy (non-hydrogen) atoms. The van der Waals surface area contributed by atoms with Crippen molar-refractivity contribution in [1.82, 2.24) is 14.5 Å². The predicted molar refractivity (Wildman–Crippen MR) is 281 cm³/mol. The van der Waals surface area contributed by atoms with Crippen molar-refractivity contribution in [3.8, 4) is 67.5 Å². The lowest BCUT2D eigenvalue weighted by Gasteiger charge is -2.28.